The van der Waals surface area contributed by atoms with Gasteiger partial charge in [0.15, 0.2) is 0 Å². The molecule has 0 radical (unpaired) electrons. The summed E-state index contributed by atoms with van der Waals surface area (Å²) in [5.74, 6) is -0.168. The molecule has 1 heterocycles. The number of hydrogen-bond acceptors (Lipinski definition) is 3. The molecule has 0 spiro atoms. The van der Waals surface area contributed by atoms with Gasteiger partial charge in [-0.05, 0) is 24.5 Å². The zero-order chi connectivity index (χ0) is 14.8. The number of nitrogens with one attached hydrogen (secondary N) is 2. The van der Waals surface area contributed by atoms with Gasteiger partial charge in [0.25, 0.3) is 0 Å². The maximum absolute atomic E-state index is 12.1. The van der Waals surface area contributed by atoms with Crippen LogP contribution in [0.1, 0.15) is 18.4 Å². The number of aromatic nitrogens is 1. The predicted octanol–water partition coefficient (Wildman–Crippen LogP) is 0.958. The fourth-order valence-corrected chi connectivity index (χ4v) is 3.15. The van der Waals surface area contributed by atoms with Crippen LogP contribution in [0, 0.1) is 5.92 Å². The standard InChI is InChI=1S/C16H20N2O3/c19-9-11-5-12(7-15(11)20)18-16(21)6-10-8-17-14-4-2-1-3-13(10)14/h1-4,8,11-12,15,17,19-20H,5-7,9H2,(H,18,21)/t11-,12-,15+/m0/s1. The summed E-state index contributed by atoms with van der Waals surface area (Å²) < 4.78 is 0. The molecule has 5 heteroatoms. The van der Waals surface area contributed by atoms with Gasteiger partial charge in [0.2, 0.25) is 5.91 Å². The van der Waals surface area contributed by atoms with Gasteiger partial charge in [-0.2, -0.15) is 0 Å². The van der Waals surface area contributed by atoms with Crippen LogP contribution in [0.3, 0.4) is 0 Å². The number of carbonyl (C=O) groups is 1. The third-order valence-corrected chi connectivity index (χ3v) is 4.28. The fraction of sp³-hybridized carbons (Fsp3) is 0.438. The SMILES string of the molecule is O=C(Cc1c[nH]c2ccccc12)N[C@H]1C[C@@H](CO)[C@H](O)C1. The van der Waals surface area contributed by atoms with Crippen LogP contribution < -0.4 is 5.32 Å². The van der Waals surface area contributed by atoms with Gasteiger partial charge in [0.1, 0.15) is 0 Å². The normalized spacial score (nSPS) is 25.3. The monoisotopic (exact) mass is 288 g/mol. The lowest BCUT2D eigenvalue weighted by molar-refractivity contribution is -0.121. The van der Waals surface area contributed by atoms with Crippen molar-refractivity contribution in [3.63, 3.8) is 0 Å². The Morgan fingerprint density at radius 3 is 2.90 bits per heavy atom. The van der Waals surface area contributed by atoms with Crippen LogP contribution in [0.15, 0.2) is 30.5 Å². The molecule has 4 N–H and O–H groups in total. The third kappa shape index (κ3) is 2.94. The van der Waals surface area contributed by atoms with Crippen LogP contribution >= 0.6 is 0 Å². The van der Waals surface area contributed by atoms with Gasteiger partial charge < -0.3 is 20.5 Å². The van der Waals surface area contributed by atoms with E-state index in [1.165, 1.54) is 0 Å². The van der Waals surface area contributed by atoms with Crippen LogP contribution in [0.4, 0.5) is 0 Å². The Bertz CT molecular complexity index is 637. The first kappa shape index (κ1) is 14.1. The number of carbonyl (C=O) groups excluding carboxylic acids is 1. The van der Waals surface area contributed by atoms with Crippen molar-refractivity contribution in [2.45, 2.75) is 31.4 Å². The maximum atomic E-state index is 12.1. The first-order chi connectivity index (χ1) is 10.2. The van der Waals surface area contributed by atoms with Crippen LogP contribution in [-0.2, 0) is 11.2 Å². The molecule has 1 aromatic carbocycles. The minimum absolute atomic E-state index is 0.0318. The molecule has 1 amide bonds. The Morgan fingerprint density at radius 1 is 1.33 bits per heavy atom. The lowest BCUT2D eigenvalue weighted by Gasteiger charge is -2.12. The number of para-hydroxylation sites is 1. The number of amides is 1. The smallest absolute Gasteiger partial charge is 0.224 e. The molecule has 2 aromatic rings. The van der Waals surface area contributed by atoms with E-state index in [2.05, 4.69) is 10.3 Å². The summed E-state index contributed by atoms with van der Waals surface area (Å²) in [4.78, 5) is 15.3. The molecule has 1 fully saturated rings. The first-order valence-electron chi connectivity index (χ1n) is 7.30. The highest BCUT2D eigenvalue weighted by Crippen LogP contribution is 2.26. The second kappa shape index (κ2) is 5.87. The molecule has 21 heavy (non-hydrogen) atoms. The van der Waals surface area contributed by atoms with E-state index in [-0.39, 0.29) is 24.5 Å². The molecular formula is C16H20N2O3. The molecule has 1 aliphatic rings. The minimum atomic E-state index is -0.520. The zero-order valence-corrected chi connectivity index (χ0v) is 11.7. The lowest BCUT2D eigenvalue weighted by Crippen LogP contribution is -2.34. The second-order valence-electron chi connectivity index (χ2n) is 5.78. The van der Waals surface area contributed by atoms with Crippen LogP contribution in [0.25, 0.3) is 10.9 Å². The molecule has 1 aliphatic carbocycles. The molecule has 3 rings (SSSR count). The molecule has 0 bridgehead atoms. The molecule has 0 saturated heterocycles. The molecular weight excluding hydrogens is 268 g/mol. The Balaban J connectivity index is 1.62. The zero-order valence-electron chi connectivity index (χ0n) is 11.7. The molecule has 0 unspecified atom stereocenters. The van der Waals surface area contributed by atoms with E-state index in [9.17, 15) is 9.90 Å². The highest BCUT2D eigenvalue weighted by molar-refractivity contribution is 5.88. The van der Waals surface area contributed by atoms with Crippen molar-refractivity contribution in [1.82, 2.24) is 10.3 Å². The largest absolute Gasteiger partial charge is 0.396 e. The summed E-state index contributed by atoms with van der Waals surface area (Å²) in [6.07, 6.45) is 2.82. The van der Waals surface area contributed by atoms with Crippen LogP contribution in [0.5, 0.6) is 0 Å². The minimum Gasteiger partial charge on any atom is -0.396 e. The van der Waals surface area contributed by atoms with Gasteiger partial charge in [-0.25, -0.2) is 0 Å². The van der Waals surface area contributed by atoms with Gasteiger partial charge in [-0.15, -0.1) is 0 Å². The molecule has 0 aliphatic heterocycles. The fourth-order valence-electron chi connectivity index (χ4n) is 3.15. The molecule has 1 saturated carbocycles. The third-order valence-electron chi connectivity index (χ3n) is 4.28. The number of aromatic amines is 1. The first-order valence-corrected chi connectivity index (χ1v) is 7.30. The van der Waals surface area contributed by atoms with E-state index in [1.54, 1.807) is 0 Å². The molecule has 112 valence electrons. The summed E-state index contributed by atoms with van der Waals surface area (Å²) in [7, 11) is 0. The van der Waals surface area contributed by atoms with Crippen molar-refractivity contribution in [2.75, 3.05) is 6.61 Å². The van der Waals surface area contributed by atoms with E-state index in [0.29, 0.717) is 19.3 Å². The highest BCUT2D eigenvalue weighted by atomic mass is 16.3. The Labute approximate surface area is 123 Å². The van der Waals surface area contributed by atoms with Crippen molar-refractivity contribution in [3.05, 3.63) is 36.0 Å². The van der Waals surface area contributed by atoms with Gasteiger partial charge >= 0.3 is 0 Å². The number of benzene rings is 1. The van der Waals surface area contributed by atoms with E-state index in [4.69, 9.17) is 5.11 Å². The molecule has 3 atom stereocenters. The average molecular weight is 288 g/mol. The Morgan fingerprint density at radius 2 is 2.14 bits per heavy atom. The molecule has 5 nitrogen and oxygen atoms in total. The summed E-state index contributed by atoms with van der Waals surface area (Å²) in [6, 6.07) is 7.84. The van der Waals surface area contributed by atoms with Gasteiger partial charge in [0.05, 0.1) is 12.5 Å². The Kier molecular flexibility index (Phi) is 3.94. The topological polar surface area (TPSA) is 85.4 Å². The number of aliphatic hydroxyl groups is 2. The summed E-state index contributed by atoms with van der Waals surface area (Å²) in [5.41, 5.74) is 2.00. The highest BCUT2D eigenvalue weighted by Gasteiger charge is 2.33. The summed E-state index contributed by atoms with van der Waals surface area (Å²) in [6.45, 7) is -0.0318. The predicted molar refractivity (Wildman–Crippen MR) is 79.8 cm³/mol. The van der Waals surface area contributed by atoms with Gasteiger partial charge in [-0.1, -0.05) is 18.2 Å². The summed E-state index contributed by atoms with van der Waals surface area (Å²) in [5, 5.41) is 22.9. The quantitative estimate of drug-likeness (QED) is 0.676. The van der Waals surface area contributed by atoms with Crippen LogP contribution in [0.2, 0.25) is 0 Å². The summed E-state index contributed by atoms with van der Waals surface area (Å²) >= 11 is 0. The van der Waals surface area contributed by atoms with E-state index < -0.39 is 6.10 Å². The van der Waals surface area contributed by atoms with Crippen molar-refractivity contribution >= 4 is 16.8 Å². The number of hydrogen-bond donors (Lipinski definition) is 4. The maximum Gasteiger partial charge on any atom is 0.224 e. The van der Waals surface area contributed by atoms with E-state index in [0.717, 1.165) is 16.5 Å². The van der Waals surface area contributed by atoms with Crippen molar-refractivity contribution in [3.8, 4) is 0 Å². The van der Waals surface area contributed by atoms with Crippen molar-refractivity contribution in [2.24, 2.45) is 5.92 Å². The number of aliphatic hydroxyl groups excluding tert-OH is 2. The van der Waals surface area contributed by atoms with Crippen molar-refractivity contribution in [1.29, 1.82) is 0 Å². The second-order valence-corrected chi connectivity index (χ2v) is 5.78. The lowest BCUT2D eigenvalue weighted by atomic mass is 10.1. The van der Waals surface area contributed by atoms with Crippen molar-refractivity contribution < 1.29 is 15.0 Å². The number of fused-ring (bicyclic) bond motifs is 1. The van der Waals surface area contributed by atoms with Gasteiger partial charge in [0, 0.05) is 35.7 Å². The van der Waals surface area contributed by atoms with Crippen LogP contribution in [-0.4, -0.2) is 39.9 Å². The molecule has 1 aromatic heterocycles. The number of rotatable bonds is 4. The average Bonchev–Trinajstić information content (AvgIpc) is 3.03. The van der Waals surface area contributed by atoms with E-state index in [1.807, 2.05) is 30.5 Å². The number of H-pyrrole nitrogens is 1. The van der Waals surface area contributed by atoms with E-state index >= 15 is 0 Å². The van der Waals surface area contributed by atoms with Gasteiger partial charge in [-0.3, -0.25) is 4.79 Å². The Hall–Kier alpha value is -1.85.